The first kappa shape index (κ1) is 14.6. The number of nitrogens with one attached hydrogen (secondary N) is 1. The molecular weight excluding hydrogens is 281 g/mol. The minimum atomic E-state index is -0.641. The molecule has 0 spiro atoms. The normalized spacial score (nSPS) is 14.7. The van der Waals surface area contributed by atoms with Gasteiger partial charge in [0.2, 0.25) is 0 Å². The molecule has 0 saturated carbocycles. The van der Waals surface area contributed by atoms with Gasteiger partial charge in [0.15, 0.2) is 5.78 Å². The molecule has 0 aromatic heterocycles. The fourth-order valence-electron chi connectivity index (χ4n) is 1.72. The van der Waals surface area contributed by atoms with E-state index in [0.29, 0.717) is 16.3 Å². The first-order valence-corrected chi connectivity index (χ1v) is 7.12. The van der Waals surface area contributed by atoms with Gasteiger partial charge in [-0.2, -0.15) is 0 Å². The minimum Gasteiger partial charge on any atom is -0.462 e. The Morgan fingerprint density at radius 1 is 1.50 bits per heavy atom. The van der Waals surface area contributed by atoms with Crippen LogP contribution in [0.25, 0.3) is 0 Å². The quantitative estimate of drug-likeness (QED) is 0.683. The van der Waals surface area contributed by atoms with Gasteiger partial charge in [0.25, 0.3) is 0 Å². The van der Waals surface area contributed by atoms with E-state index in [9.17, 15) is 14.0 Å². The van der Waals surface area contributed by atoms with Crippen molar-refractivity contribution >= 4 is 29.2 Å². The number of halogens is 1. The maximum atomic E-state index is 13.5. The summed E-state index contributed by atoms with van der Waals surface area (Å²) in [5, 5.41) is 3.32. The van der Waals surface area contributed by atoms with E-state index in [1.807, 2.05) is 0 Å². The second kappa shape index (κ2) is 6.09. The molecule has 1 heterocycles. The number of hydrogen-bond acceptors (Lipinski definition) is 5. The number of rotatable bonds is 4. The van der Waals surface area contributed by atoms with Crippen molar-refractivity contribution in [2.24, 2.45) is 0 Å². The molecule has 0 atom stereocenters. The molecule has 6 heteroatoms. The van der Waals surface area contributed by atoms with E-state index in [1.54, 1.807) is 26.0 Å². The van der Waals surface area contributed by atoms with Crippen LogP contribution in [0.4, 0.5) is 10.1 Å². The molecule has 0 radical (unpaired) electrons. The van der Waals surface area contributed by atoms with Crippen molar-refractivity contribution in [3.05, 3.63) is 40.2 Å². The highest BCUT2D eigenvalue weighted by Gasteiger charge is 2.30. The van der Waals surface area contributed by atoms with Crippen LogP contribution in [0.3, 0.4) is 0 Å². The molecule has 1 aliphatic rings. The molecule has 1 aromatic rings. The third-order valence-electron chi connectivity index (χ3n) is 2.76. The molecule has 0 unspecified atom stereocenters. The molecule has 0 fully saturated rings. The third-order valence-corrected chi connectivity index (χ3v) is 3.76. The highest BCUT2D eigenvalue weighted by atomic mass is 32.2. The largest absolute Gasteiger partial charge is 0.462 e. The van der Waals surface area contributed by atoms with Crippen LogP contribution in [0.5, 0.6) is 0 Å². The van der Waals surface area contributed by atoms with Crippen molar-refractivity contribution in [1.82, 2.24) is 0 Å². The van der Waals surface area contributed by atoms with Crippen molar-refractivity contribution < 1.29 is 18.7 Å². The van der Waals surface area contributed by atoms with Crippen LogP contribution in [0.2, 0.25) is 0 Å². The number of aryl methyl sites for hydroxylation is 1. The molecule has 0 amide bonds. The van der Waals surface area contributed by atoms with Crippen LogP contribution in [-0.4, -0.2) is 24.1 Å². The van der Waals surface area contributed by atoms with Crippen LogP contribution < -0.4 is 5.32 Å². The van der Waals surface area contributed by atoms with Crippen molar-refractivity contribution in [3.8, 4) is 0 Å². The van der Waals surface area contributed by atoms with Gasteiger partial charge >= 0.3 is 5.97 Å². The van der Waals surface area contributed by atoms with Gasteiger partial charge in [0.05, 0.1) is 17.4 Å². The predicted octanol–water partition coefficient (Wildman–Crippen LogP) is 2.64. The minimum absolute atomic E-state index is 0.0119. The standard InChI is InChI=1S/C14H14FNO3S/c1-3-19-14(18)12-11(17)7-20-13(12)16-9-5-4-8(2)10(15)6-9/h4-6,16H,3,7H2,1-2H3. The number of carbonyl (C=O) groups is 2. The van der Waals surface area contributed by atoms with Crippen LogP contribution in [0, 0.1) is 12.7 Å². The molecule has 1 aliphatic heterocycles. The molecule has 20 heavy (non-hydrogen) atoms. The topological polar surface area (TPSA) is 55.4 Å². The Morgan fingerprint density at radius 3 is 2.90 bits per heavy atom. The van der Waals surface area contributed by atoms with Crippen molar-refractivity contribution in [2.75, 3.05) is 17.7 Å². The molecule has 0 aliphatic carbocycles. The summed E-state index contributed by atoms with van der Waals surface area (Å²) in [6.45, 7) is 3.54. The van der Waals surface area contributed by atoms with Gasteiger partial charge in [0.1, 0.15) is 11.4 Å². The van der Waals surface area contributed by atoms with Gasteiger partial charge in [-0.3, -0.25) is 4.79 Å². The average molecular weight is 295 g/mol. The Morgan fingerprint density at radius 2 is 2.25 bits per heavy atom. The van der Waals surface area contributed by atoms with Gasteiger partial charge in [-0.25, -0.2) is 9.18 Å². The Hall–Kier alpha value is -1.82. The smallest absolute Gasteiger partial charge is 0.344 e. The lowest BCUT2D eigenvalue weighted by molar-refractivity contribution is -0.139. The van der Waals surface area contributed by atoms with Crippen molar-refractivity contribution in [3.63, 3.8) is 0 Å². The Balaban J connectivity index is 2.27. The summed E-state index contributed by atoms with van der Waals surface area (Å²) in [4.78, 5) is 23.5. The average Bonchev–Trinajstić information content (AvgIpc) is 2.75. The van der Waals surface area contributed by atoms with E-state index in [2.05, 4.69) is 5.32 Å². The zero-order chi connectivity index (χ0) is 14.7. The Labute approximate surface area is 120 Å². The fourth-order valence-corrected chi connectivity index (χ4v) is 2.67. The van der Waals surface area contributed by atoms with E-state index < -0.39 is 5.97 Å². The lowest BCUT2D eigenvalue weighted by Crippen LogP contribution is -2.16. The number of carbonyl (C=O) groups excluding carboxylic acids is 2. The molecule has 0 saturated heterocycles. The van der Waals surface area contributed by atoms with Crippen LogP contribution in [0.15, 0.2) is 28.8 Å². The fraction of sp³-hybridized carbons (Fsp3) is 0.286. The van der Waals surface area contributed by atoms with Crippen molar-refractivity contribution in [2.45, 2.75) is 13.8 Å². The third kappa shape index (κ3) is 3.01. The number of hydrogen-bond donors (Lipinski definition) is 1. The number of Topliss-reactive ketones (excluding diaryl/α,β-unsaturated/α-hetero) is 1. The highest BCUT2D eigenvalue weighted by molar-refractivity contribution is 8.04. The summed E-state index contributed by atoms with van der Waals surface area (Å²) < 4.78 is 18.3. The van der Waals surface area contributed by atoms with Gasteiger partial charge in [0, 0.05) is 5.69 Å². The molecule has 0 bridgehead atoms. The van der Waals surface area contributed by atoms with E-state index in [1.165, 1.54) is 17.8 Å². The lowest BCUT2D eigenvalue weighted by Gasteiger charge is -2.09. The summed E-state index contributed by atoms with van der Waals surface area (Å²) in [5.74, 6) is -1.08. The molecule has 2 rings (SSSR count). The second-order valence-electron chi connectivity index (χ2n) is 4.23. The second-order valence-corrected chi connectivity index (χ2v) is 5.21. The van der Waals surface area contributed by atoms with E-state index in [4.69, 9.17) is 4.74 Å². The Bertz CT molecular complexity index is 598. The monoisotopic (exact) mass is 295 g/mol. The number of thioether (sulfide) groups is 1. The summed E-state index contributed by atoms with van der Waals surface area (Å²) in [7, 11) is 0. The number of benzene rings is 1. The molecular formula is C14H14FNO3S. The first-order chi connectivity index (χ1) is 9.52. The van der Waals surface area contributed by atoms with E-state index >= 15 is 0 Å². The molecule has 1 N–H and O–H groups in total. The number of ether oxygens (including phenoxy) is 1. The van der Waals surface area contributed by atoms with E-state index in [0.717, 1.165) is 0 Å². The highest BCUT2D eigenvalue weighted by Crippen LogP contribution is 2.31. The molecule has 1 aromatic carbocycles. The van der Waals surface area contributed by atoms with Crippen molar-refractivity contribution in [1.29, 1.82) is 0 Å². The number of esters is 1. The van der Waals surface area contributed by atoms with E-state index in [-0.39, 0.29) is 29.5 Å². The van der Waals surface area contributed by atoms with Gasteiger partial charge in [-0.05, 0) is 31.5 Å². The summed E-state index contributed by atoms with van der Waals surface area (Å²) >= 11 is 1.21. The summed E-state index contributed by atoms with van der Waals surface area (Å²) in [6.07, 6.45) is 0. The Kier molecular flexibility index (Phi) is 4.44. The first-order valence-electron chi connectivity index (χ1n) is 6.13. The van der Waals surface area contributed by atoms with Gasteiger partial charge in [-0.1, -0.05) is 17.8 Å². The molecule has 4 nitrogen and oxygen atoms in total. The van der Waals surface area contributed by atoms with Crippen LogP contribution >= 0.6 is 11.8 Å². The maximum absolute atomic E-state index is 13.5. The van der Waals surface area contributed by atoms with Gasteiger partial charge in [-0.15, -0.1) is 0 Å². The predicted molar refractivity (Wildman–Crippen MR) is 75.9 cm³/mol. The van der Waals surface area contributed by atoms with Gasteiger partial charge < -0.3 is 10.1 Å². The van der Waals surface area contributed by atoms with Crippen LogP contribution in [-0.2, 0) is 14.3 Å². The maximum Gasteiger partial charge on any atom is 0.344 e. The van der Waals surface area contributed by atoms with Crippen LogP contribution in [0.1, 0.15) is 12.5 Å². The number of anilines is 1. The SMILES string of the molecule is CCOC(=O)C1=C(Nc2ccc(C)c(F)c2)SCC1=O. The zero-order valence-electron chi connectivity index (χ0n) is 11.2. The number of ketones is 1. The lowest BCUT2D eigenvalue weighted by atomic mass is 10.2. The summed E-state index contributed by atoms with van der Waals surface area (Å²) in [6, 6.07) is 4.65. The zero-order valence-corrected chi connectivity index (χ0v) is 12.0. The summed E-state index contributed by atoms with van der Waals surface area (Å²) in [5.41, 5.74) is 1.04. The molecule has 106 valence electrons.